The van der Waals surface area contributed by atoms with Crippen molar-refractivity contribution in [2.24, 2.45) is 5.14 Å². The fraction of sp³-hybridized carbons (Fsp3) is 0.286. The van der Waals surface area contributed by atoms with Gasteiger partial charge in [-0.05, 0) is 19.4 Å². The van der Waals surface area contributed by atoms with Gasteiger partial charge in [-0.25, -0.2) is 14.1 Å². The van der Waals surface area contributed by atoms with Gasteiger partial charge < -0.3 is 10.1 Å². The Morgan fingerprint density at radius 3 is 2.31 bits per heavy atom. The fourth-order valence-electron chi connectivity index (χ4n) is 1.25. The third-order valence-corrected chi connectivity index (χ3v) is 2.80. The molecule has 72 valence electrons. The van der Waals surface area contributed by atoms with Crippen molar-refractivity contribution < 1.29 is 14.1 Å². The molecule has 0 aromatic carbocycles. The first kappa shape index (κ1) is 9.94. The van der Waals surface area contributed by atoms with Crippen molar-refractivity contribution in [3.8, 4) is 0 Å². The van der Waals surface area contributed by atoms with Crippen LogP contribution in [0.5, 0.6) is 0 Å². The average molecular weight is 202 g/mol. The van der Waals surface area contributed by atoms with Crippen LogP contribution in [0.1, 0.15) is 21.7 Å². The summed E-state index contributed by atoms with van der Waals surface area (Å²) >= 11 is 0. The molecule has 0 saturated heterocycles. The van der Waals surface area contributed by atoms with E-state index in [0.29, 0.717) is 16.2 Å². The SMILES string of the molecule is Cc1[nH]c(C(=O)O)c(C)c1S(N)=O. The molecule has 4 N–H and O–H groups in total. The predicted molar refractivity (Wildman–Crippen MR) is 47.8 cm³/mol. The molecule has 0 radical (unpaired) electrons. The van der Waals surface area contributed by atoms with Crippen molar-refractivity contribution in [3.05, 3.63) is 17.0 Å². The number of rotatable bonds is 2. The number of nitrogens with one attached hydrogen (secondary N) is 1. The number of H-pyrrole nitrogens is 1. The number of carboxylic acids is 1. The van der Waals surface area contributed by atoms with Gasteiger partial charge in [0.1, 0.15) is 16.7 Å². The van der Waals surface area contributed by atoms with Gasteiger partial charge in [-0.1, -0.05) is 0 Å². The highest BCUT2D eigenvalue weighted by atomic mass is 32.2. The van der Waals surface area contributed by atoms with E-state index in [1.54, 1.807) is 13.8 Å². The van der Waals surface area contributed by atoms with Gasteiger partial charge in [0.05, 0.1) is 4.90 Å². The highest BCUT2D eigenvalue weighted by Crippen LogP contribution is 2.19. The summed E-state index contributed by atoms with van der Waals surface area (Å²) in [5.41, 5.74) is 1.02. The maximum atomic E-state index is 11.0. The first-order valence-electron chi connectivity index (χ1n) is 3.53. The van der Waals surface area contributed by atoms with E-state index in [1.165, 1.54) is 0 Å². The number of hydrogen-bond donors (Lipinski definition) is 3. The maximum Gasteiger partial charge on any atom is 0.352 e. The molecule has 0 amide bonds. The number of carboxylic acid groups (broad SMARTS) is 1. The molecule has 5 nitrogen and oxygen atoms in total. The Balaban J connectivity index is 3.39. The molecule has 6 heteroatoms. The lowest BCUT2D eigenvalue weighted by molar-refractivity contribution is 0.0690. The van der Waals surface area contributed by atoms with Crippen LogP contribution in [0.15, 0.2) is 4.90 Å². The maximum absolute atomic E-state index is 11.0. The molecule has 0 aliphatic rings. The molecule has 1 heterocycles. The summed E-state index contributed by atoms with van der Waals surface area (Å²) in [4.78, 5) is 13.6. The molecule has 1 aromatic heterocycles. The van der Waals surface area contributed by atoms with Crippen LogP contribution < -0.4 is 5.14 Å². The van der Waals surface area contributed by atoms with E-state index in [1.807, 2.05) is 0 Å². The van der Waals surface area contributed by atoms with Crippen molar-refractivity contribution in [3.63, 3.8) is 0 Å². The van der Waals surface area contributed by atoms with Crippen LogP contribution in [-0.2, 0) is 11.0 Å². The van der Waals surface area contributed by atoms with Gasteiger partial charge >= 0.3 is 5.97 Å². The van der Waals surface area contributed by atoms with Gasteiger partial charge in [0.25, 0.3) is 0 Å². The Hall–Kier alpha value is -1.14. The van der Waals surface area contributed by atoms with Gasteiger partial charge in [-0.3, -0.25) is 0 Å². The Morgan fingerprint density at radius 2 is 2.08 bits per heavy atom. The van der Waals surface area contributed by atoms with Crippen LogP contribution in [0, 0.1) is 13.8 Å². The Bertz CT molecular complexity index is 383. The number of aromatic nitrogens is 1. The molecule has 0 aliphatic carbocycles. The lowest BCUT2D eigenvalue weighted by atomic mass is 10.2. The third kappa shape index (κ3) is 1.63. The fourth-order valence-corrected chi connectivity index (χ4v) is 2.01. The van der Waals surface area contributed by atoms with E-state index in [4.69, 9.17) is 10.2 Å². The molecule has 0 bridgehead atoms. The van der Waals surface area contributed by atoms with Crippen LogP contribution in [0.4, 0.5) is 0 Å². The summed E-state index contributed by atoms with van der Waals surface area (Å²) in [6, 6.07) is 0. The number of aryl methyl sites for hydroxylation is 1. The minimum Gasteiger partial charge on any atom is -0.477 e. The number of hydrogen-bond acceptors (Lipinski definition) is 2. The van der Waals surface area contributed by atoms with E-state index < -0.39 is 17.0 Å². The molecule has 13 heavy (non-hydrogen) atoms. The van der Waals surface area contributed by atoms with Crippen LogP contribution >= 0.6 is 0 Å². The summed E-state index contributed by atoms with van der Waals surface area (Å²) in [5.74, 6) is -1.07. The molecular weight excluding hydrogens is 192 g/mol. The van der Waals surface area contributed by atoms with E-state index >= 15 is 0 Å². The zero-order chi connectivity index (χ0) is 10.2. The van der Waals surface area contributed by atoms with Crippen molar-refractivity contribution in [1.82, 2.24) is 4.98 Å². The normalized spacial score (nSPS) is 12.8. The number of carbonyl (C=O) groups is 1. The summed E-state index contributed by atoms with van der Waals surface area (Å²) in [5, 5.41) is 13.9. The lowest BCUT2D eigenvalue weighted by Gasteiger charge is -1.95. The summed E-state index contributed by atoms with van der Waals surface area (Å²) in [7, 11) is -1.64. The zero-order valence-electron chi connectivity index (χ0n) is 7.25. The molecule has 1 aromatic rings. The zero-order valence-corrected chi connectivity index (χ0v) is 8.07. The second-order valence-electron chi connectivity index (χ2n) is 2.68. The molecule has 1 unspecified atom stereocenters. The largest absolute Gasteiger partial charge is 0.477 e. The second-order valence-corrected chi connectivity index (χ2v) is 3.68. The van der Waals surface area contributed by atoms with E-state index in [9.17, 15) is 9.00 Å². The van der Waals surface area contributed by atoms with Gasteiger partial charge in [-0.2, -0.15) is 0 Å². The molecule has 0 spiro atoms. The number of aromatic carboxylic acids is 1. The minimum absolute atomic E-state index is 0.0475. The Kier molecular flexibility index (Phi) is 2.53. The van der Waals surface area contributed by atoms with Crippen molar-refractivity contribution >= 4 is 17.0 Å². The molecule has 1 rings (SSSR count). The lowest BCUT2D eigenvalue weighted by Crippen LogP contribution is -2.05. The van der Waals surface area contributed by atoms with Crippen molar-refractivity contribution in [1.29, 1.82) is 0 Å². The second kappa shape index (κ2) is 3.31. The van der Waals surface area contributed by atoms with Crippen LogP contribution in [0.2, 0.25) is 0 Å². The van der Waals surface area contributed by atoms with Gasteiger partial charge in [0.15, 0.2) is 0 Å². The monoisotopic (exact) mass is 202 g/mol. The van der Waals surface area contributed by atoms with Crippen LogP contribution in [0.3, 0.4) is 0 Å². The molecule has 0 aliphatic heterocycles. The predicted octanol–water partition coefficient (Wildman–Crippen LogP) is 0.311. The molecule has 1 atom stereocenters. The highest BCUT2D eigenvalue weighted by Gasteiger charge is 2.18. The molecule has 0 saturated carbocycles. The van der Waals surface area contributed by atoms with E-state index in [2.05, 4.69) is 4.98 Å². The summed E-state index contributed by atoms with van der Waals surface area (Å²) in [6.07, 6.45) is 0. The van der Waals surface area contributed by atoms with Gasteiger partial charge in [0.2, 0.25) is 0 Å². The van der Waals surface area contributed by atoms with E-state index in [0.717, 1.165) is 0 Å². The number of aromatic amines is 1. The highest BCUT2D eigenvalue weighted by molar-refractivity contribution is 7.82. The van der Waals surface area contributed by atoms with Crippen molar-refractivity contribution in [2.75, 3.05) is 0 Å². The first-order valence-corrected chi connectivity index (χ1v) is 4.75. The molecule has 0 fully saturated rings. The van der Waals surface area contributed by atoms with Gasteiger partial charge in [-0.15, -0.1) is 0 Å². The summed E-state index contributed by atoms with van der Waals surface area (Å²) < 4.78 is 11.0. The third-order valence-electron chi connectivity index (χ3n) is 1.78. The number of nitrogens with two attached hydrogens (primary N) is 1. The van der Waals surface area contributed by atoms with Crippen LogP contribution in [-0.4, -0.2) is 20.3 Å². The van der Waals surface area contributed by atoms with E-state index in [-0.39, 0.29) is 5.69 Å². The average Bonchev–Trinajstić information content (AvgIpc) is 2.26. The summed E-state index contributed by atoms with van der Waals surface area (Å²) in [6.45, 7) is 3.21. The smallest absolute Gasteiger partial charge is 0.352 e. The first-order chi connectivity index (χ1) is 5.95. The van der Waals surface area contributed by atoms with Gasteiger partial charge in [0, 0.05) is 5.69 Å². The Labute approximate surface area is 77.5 Å². The van der Waals surface area contributed by atoms with Crippen LogP contribution in [0.25, 0.3) is 0 Å². The molecular formula is C7H10N2O3S. The minimum atomic E-state index is -1.64. The van der Waals surface area contributed by atoms with Crippen molar-refractivity contribution in [2.45, 2.75) is 18.7 Å². The topological polar surface area (TPSA) is 96.2 Å². The standard InChI is InChI=1S/C7H10N2O3S/c1-3-5(7(10)11)9-4(2)6(3)13(8)12/h9H,8H2,1-2H3,(H,10,11). The quantitative estimate of drug-likeness (QED) is 0.644. The Morgan fingerprint density at radius 1 is 1.54 bits per heavy atom.